The Morgan fingerprint density at radius 1 is 0.515 bits per heavy atom. The minimum Gasteiger partial charge on any atom is -0.359 e. The van der Waals surface area contributed by atoms with Crippen LogP contribution in [0, 0.1) is 0 Å². The number of fused-ring (bicyclic) bond motifs is 2. The summed E-state index contributed by atoms with van der Waals surface area (Å²) < 4.78 is 0. The van der Waals surface area contributed by atoms with Crippen molar-refractivity contribution < 1.29 is 9.59 Å². The van der Waals surface area contributed by atoms with Crippen LogP contribution in [0.3, 0.4) is 0 Å². The first-order valence-corrected chi connectivity index (χ1v) is 10.5. The van der Waals surface area contributed by atoms with Gasteiger partial charge in [0.1, 0.15) is 0 Å². The number of carbonyl (C=O) groups excluding carboxylic acids is 2. The summed E-state index contributed by atoms with van der Waals surface area (Å²) in [5, 5.41) is 14.3. The predicted molar refractivity (Wildman–Crippen MR) is 134 cm³/mol. The monoisotopic (exact) mass is 435 g/mol. The molecule has 1 heterocycles. The largest absolute Gasteiger partial charge is 0.359 e. The maximum atomic E-state index is 12.7. The first-order chi connectivity index (χ1) is 16.2. The van der Waals surface area contributed by atoms with Crippen molar-refractivity contribution in [2.75, 3.05) is 21.3 Å². The van der Waals surface area contributed by atoms with Crippen molar-refractivity contribution in [3.63, 3.8) is 0 Å². The van der Waals surface area contributed by atoms with E-state index in [1.807, 2.05) is 72.9 Å². The topological polar surface area (TPSA) is 98.1 Å². The van der Waals surface area contributed by atoms with Crippen molar-refractivity contribution >= 4 is 56.5 Å². The molecule has 5 aromatic rings. The Labute approximate surface area is 189 Å². The molecule has 0 bridgehead atoms. The number of hydrogen-bond donors (Lipinski definition) is 5. The number of urea groups is 2. The SMILES string of the molecule is O=C(Nc1ccccc1NC(=O)Nc1cccc2cc[nH]c12)Nc1cccc2ccccc12. The van der Waals surface area contributed by atoms with Crippen molar-refractivity contribution in [3.05, 3.63) is 97.2 Å². The second kappa shape index (κ2) is 8.76. The highest BCUT2D eigenvalue weighted by Gasteiger charge is 2.12. The molecule has 0 saturated heterocycles. The molecule has 5 N–H and O–H groups in total. The molecule has 7 heteroatoms. The molecular formula is C26H21N5O2. The standard InChI is InChI=1S/C26H21N5O2/c32-25(28-20-13-5-8-17-7-1-2-10-19(17)20)29-21-11-3-4-12-22(21)30-26(33)31-23-14-6-9-18-15-16-27-24(18)23/h1-16,27H,(H2,28,29,32)(H2,30,31,33). The number of carbonyl (C=O) groups is 2. The number of benzene rings is 4. The number of aromatic nitrogens is 1. The van der Waals surface area contributed by atoms with Gasteiger partial charge < -0.3 is 26.3 Å². The molecule has 0 saturated carbocycles. The lowest BCUT2D eigenvalue weighted by Gasteiger charge is -2.14. The second-order valence-electron chi connectivity index (χ2n) is 7.48. The molecule has 0 aliphatic carbocycles. The van der Waals surface area contributed by atoms with Gasteiger partial charge in [0.2, 0.25) is 0 Å². The van der Waals surface area contributed by atoms with Crippen molar-refractivity contribution in [1.82, 2.24) is 4.98 Å². The molecule has 0 spiro atoms. The van der Waals surface area contributed by atoms with Crippen LogP contribution in [0.4, 0.5) is 32.3 Å². The minimum absolute atomic E-state index is 0.405. The molecule has 0 atom stereocenters. The van der Waals surface area contributed by atoms with E-state index >= 15 is 0 Å². The maximum absolute atomic E-state index is 12.7. The van der Waals surface area contributed by atoms with Gasteiger partial charge in [-0.1, -0.05) is 60.7 Å². The highest BCUT2D eigenvalue weighted by atomic mass is 16.2. The Morgan fingerprint density at radius 2 is 1.03 bits per heavy atom. The Kier molecular flexibility index (Phi) is 5.35. The van der Waals surface area contributed by atoms with E-state index in [1.54, 1.807) is 24.3 Å². The van der Waals surface area contributed by atoms with Crippen LogP contribution in [0.1, 0.15) is 0 Å². The number of aromatic amines is 1. The molecular weight excluding hydrogens is 414 g/mol. The van der Waals surface area contributed by atoms with Gasteiger partial charge in [0.15, 0.2) is 0 Å². The highest BCUT2D eigenvalue weighted by molar-refractivity contribution is 6.10. The van der Waals surface area contributed by atoms with Crippen molar-refractivity contribution in [1.29, 1.82) is 0 Å². The molecule has 0 unspecified atom stereocenters. The summed E-state index contributed by atoms with van der Waals surface area (Å²) in [5.74, 6) is 0. The van der Waals surface area contributed by atoms with Crippen LogP contribution < -0.4 is 21.3 Å². The quantitative estimate of drug-likeness (QED) is 0.219. The summed E-state index contributed by atoms with van der Waals surface area (Å²) in [5.41, 5.74) is 3.15. The van der Waals surface area contributed by atoms with Crippen molar-refractivity contribution in [2.45, 2.75) is 0 Å². The lowest BCUT2D eigenvalue weighted by Crippen LogP contribution is -2.23. The molecule has 0 aliphatic heterocycles. The van der Waals surface area contributed by atoms with Gasteiger partial charge in [0, 0.05) is 17.0 Å². The molecule has 33 heavy (non-hydrogen) atoms. The van der Waals surface area contributed by atoms with Crippen LogP contribution in [0.25, 0.3) is 21.7 Å². The van der Waals surface area contributed by atoms with E-state index in [4.69, 9.17) is 0 Å². The zero-order valence-electron chi connectivity index (χ0n) is 17.6. The molecule has 5 rings (SSSR count). The molecule has 0 radical (unpaired) electrons. The zero-order chi connectivity index (χ0) is 22.6. The van der Waals surface area contributed by atoms with Gasteiger partial charge in [0.25, 0.3) is 0 Å². The number of amides is 4. The van der Waals surface area contributed by atoms with Gasteiger partial charge in [-0.15, -0.1) is 0 Å². The van der Waals surface area contributed by atoms with E-state index in [0.29, 0.717) is 22.7 Å². The fraction of sp³-hybridized carbons (Fsp3) is 0. The number of anilines is 4. The maximum Gasteiger partial charge on any atom is 0.323 e. The fourth-order valence-electron chi connectivity index (χ4n) is 3.78. The predicted octanol–water partition coefficient (Wildman–Crippen LogP) is 6.61. The van der Waals surface area contributed by atoms with Gasteiger partial charge in [-0.3, -0.25) is 0 Å². The summed E-state index contributed by atoms with van der Waals surface area (Å²) in [6.07, 6.45) is 1.82. The van der Waals surface area contributed by atoms with Crippen molar-refractivity contribution in [2.24, 2.45) is 0 Å². The van der Waals surface area contributed by atoms with Crippen LogP contribution in [-0.2, 0) is 0 Å². The van der Waals surface area contributed by atoms with E-state index in [2.05, 4.69) is 26.3 Å². The smallest absolute Gasteiger partial charge is 0.323 e. The van der Waals surface area contributed by atoms with Crippen LogP contribution in [0.2, 0.25) is 0 Å². The molecule has 7 nitrogen and oxygen atoms in total. The molecule has 4 amide bonds. The first kappa shape index (κ1) is 20.1. The minimum atomic E-state index is -0.416. The van der Waals surface area contributed by atoms with Gasteiger partial charge in [-0.05, 0) is 35.7 Å². The van der Waals surface area contributed by atoms with Gasteiger partial charge >= 0.3 is 12.1 Å². The summed E-state index contributed by atoms with van der Waals surface area (Å²) in [7, 11) is 0. The van der Waals surface area contributed by atoms with Gasteiger partial charge in [0.05, 0.1) is 28.3 Å². The molecule has 1 aromatic heterocycles. The number of nitrogens with one attached hydrogen (secondary N) is 5. The third-order valence-corrected chi connectivity index (χ3v) is 5.30. The second-order valence-corrected chi connectivity index (χ2v) is 7.48. The Morgan fingerprint density at radius 3 is 1.79 bits per heavy atom. The van der Waals surface area contributed by atoms with E-state index < -0.39 is 12.1 Å². The Hall–Kier alpha value is -4.78. The Balaban J connectivity index is 1.30. The average molecular weight is 435 g/mol. The van der Waals surface area contributed by atoms with Crippen LogP contribution in [-0.4, -0.2) is 17.0 Å². The van der Waals surface area contributed by atoms with Crippen LogP contribution in [0.15, 0.2) is 97.2 Å². The van der Waals surface area contributed by atoms with E-state index in [1.165, 1.54) is 0 Å². The lowest BCUT2D eigenvalue weighted by atomic mass is 10.1. The first-order valence-electron chi connectivity index (χ1n) is 10.5. The summed E-state index contributed by atoms with van der Waals surface area (Å²) in [4.78, 5) is 28.5. The third-order valence-electron chi connectivity index (χ3n) is 5.30. The molecule has 4 aromatic carbocycles. The van der Waals surface area contributed by atoms with Crippen LogP contribution in [0.5, 0.6) is 0 Å². The summed E-state index contributed by atoms with van der Waals surface area (Å²) >= 11 is 0. The number of rotatable bonds is 4. The number of para-hydroxylation sites is 3. The van der Waals surface area contributed by atoms with Crippen molar-refractivity contribution in [3.8, 4) is 0 Å². The van der Waals surface area contributed by atoms with Gasteiger partial charge in [-0.25, -0.2) is 9.59 Å². The zero-order valence-corrected chi connectivity index (χ0v) is 17.6. The highest BCUT2D eigenvalue weighted by Crippen LogP contribution is 2.26. The third kappa shape index (κ3) is 4.33. The van der Waals surface area contributed by atoms with E-state index in [9.17, 15) is 9.59 Å². The number of hydrogen-bond acceptors (Lipinski definition) is 2. The Bertz CT molecular complexity index is 1470. The molecule has 0 aliphatic rings. The van der Waals surface area contributed by atoms with E-state index in [0.717, 1.165) is 21.7 Å². The van der Waals surface area contributed by atoms with Crippen LogP contribution >= 0.6 is 0 Å². The van der Waals surface area contributed by atoms with Gasteiger partial charge in [-0.2, -0.15) is 0 Å². The lowest BCUT2D eigenvalue weighted by molar-refractivity contribution is 0.261. The fourth-order valence-corrected chi connectivity index (χ4v) is 3.78. The normalized spacial score (nSPS) is 10.7. The summed E-state index contributed by atoms with van der Waals surface area (Å²) in [6.45, 7) is 0. The summed E-state index contributed by atoms with van der Waals surface area (Å²) in [6, 6.07) is 27.3. The average Bonchev–Trinajstić information content (AvgIpc) is 3.31. The molecule has 162 valence electrons. The van der Waals surface area contributed by atoms with E-state index in [-0.39, 0.29) is 0 Å². The number of H-pyrrole nitrogens is 1. The molecule has 0 fully saturated rings.